The number of hydrogen-bond donors (Lipinski definition) is 0. The van der Waals surface area contributed by atoms with Gasteiger partial charge < -0.3 is 0 Å². The van der Waals surface area contributed by atoms with E-state index < -0.39 is 0 Å². The minimum atomic E-state index is 0.691. The molecule has 0 saturated carbocycles. The van der Waals surface area contributed by atoms with E-state index in [1.54, 1.807) is 11.8 Å². The number of aliphatic imine (C=N–C) groups is 1. The Hall–Kier alpha value is -1.27. The van der Waals surface area contributed by atoms with Gasteiger partial charge in [-0.05, 0) is 12.1 Å². The minimum absolute atomic E-state index is 0.691. The lowest BCUT2D eigenvalue weighted by Crippen LogP contribution is -1.90. The van der Waals surface area contributed by atoms with E-state index in [-0.39, 0.29) is 0 Å². The molecule has 1 aliphatic heterocycles. The number of thioether (sulfide) groups is 1. The van der Waals surface area contributed by atoms with Crippen molar-refractivity contribution in [1.29, 1.82) is 5.26 Å². The first-order valence-electron chi connectivity index (χ1n) is 3.93. The van der Waals surface area contributed by atoms with Gasteiger partial charge in [-0.15, -0.1) is 11.8 Å². The van der Waals surface area contributed by atoms with E-state index in [2.05, 4.69) is 11.1 Å². The fourth-order valence-corrected chi connectivity index (χ4v) is 1.88. The molecule has 0 saturated heterocycles. The van der Waals surface area contributed by atoms with E-state index in [1.165, 1.54) is 0 Å². The maximum Gasteiger partial charge on any atom is 0.0991 e. The molecular formula is C10H7N2S. The highest BCUT2D eigenvalue weighted by molar-refractivity contribution is 8.14. The Bertz CT molecular complexity index is 373. The summed E-state index contributed by atoms with van der Waals surface area (Å²) in [5, 5.41) is 9.65. The van der Waals surface area contributed by atoms with Crippen LogP contribution in [-0.4, -0.2) is 10.8 Å². The van der Waals surface area contributed by atoms with Crippen LogP contribution in [0.25, 0.3) is 0 Å². The van der Waals surface area contributed by atoms with Crippen LogP contribution in [0.15, 0.2) is 29.3 Å². The van der Waals surface area contributed by atoms with Crippen molar-refractivity contribution in [3.8, 4) is 6.07 Å². The quantitative estimate of drug-likeness (QED) is 0.675. The second-order valence-corrected chi connectivity index (χ2v) is 3.63. The SMILES string of the molecule is N#Cc1ccc(C2=N[CH]CS2)cc1. The molecule has 1 heterocycles. The van der Waals surface area contributed by atoms with Crippen molar-refractivity contribution >= 4 is 16.8 Å². The summed E-state index contributed by atoms with van der Waals surface area (Å²) in [6.45, 7) is 1.90. The Balaban J connectivity index is 2.28. The zero-order chi connectivity index (χ0) is 9.10. The van der Waals surface area contributed by atoms with Crippen LogP contribution in [0.3, 0.4) is 0 Å². The maximum absolute atomic E-state index is 8.60. The Morgan fingerprint density at radius 3 is 2.62 bits per heavy atom. The van der Waals surface area contributed by atoms with Crippen molar-refractivity contribution in [3.05, 3.63) is 41.9 Å². The Morgan fingerprint density at radius 1 is 1.31 bits per heavy atom. The van der Waals surface area contributed by atoms with Crippen LogP contribution in [-0.2, 0) is 0 Å². The second kappa shape index (κ2) is 3.63. The molecule has 0 fully saturated rings. The zero-order valence-corrected chi connectivity index (χ0v) is 7.71. The Labute approximate surface area is 81.3 Å². The van der Waals surface area contributed by atoms with Crippen molar-refractivity contribution in [1.82, 2.24) is 0 Å². The zero-order valence-electron chi connectivity index (χ0n) is 6.90. The highest BCUT2D eigenvalue weighted by atomic mass is 32.2. The summed E-state index contributed by atoms with van der Waals surface area (Å²) < 4.78 is 0. The third kappa shape index (κ3) is 1.73. The van der Waals surface area contributed by atoms with E-state index in [9.17, 15) is 0 Å². The molecule has 1 aromatic carbocycles. The largest absolute Gasteiger partial charge is 0.271 e. The summed E-state index contributed by atoms with van der Waals surface area (Å²) in [5.41, 5.74) is 1.79. The summed E-state index contributed by atoms with van der Waals surface area (Å²) in [6.07, 6.45) is 0. The number of benzene rings is 1. The first kappa shape index (κ1) is 8.33. The molecule has 1 aromatic rings. The van der Waals surface area contributed by atoms with Crippen molar-refractivity contribution < 1.29 is 0 Å². The van der Waals surface area contributed by atoms with Crippen molar-refractivity contribution in [2.45, 2.75) is 0 Å². The smallest absolute Gasteiger partial charge is 0.0991 e. The van der Waals surface area contributed by atoms with Crippen molar-refractivity contribution in [2.75, 3.05) is 5.75 Å². The predicted octanol–water partition coefficient (Wildman–Crippen LogP) is 2.21. The molecule has 2 nitrogen and oxygen atoms in total. The van der Waals surface area contributed by atoms with E-state index in [1.807, 2.05) is 30.8 Å². The van der Waals surface area contributed by atoms with Gasteiger partial charge in [0.1, 0.15) is 0 Å². The molecule has 3 heteroatoms. The molecule has 2 rings (SSSR count). The maximum atomic E-state index is 8.60. The van der Waals surface area contributed by atoms with Gasteiger partial charge in [-0.3, -0.25) is 4.99 Å². The lowest BCUT2D eigenvalue weighted by Gasteiger charge is -1.98. The van der Waals surface area contributed by atoms with Gasteiger partial charge >= 0.3 is 0 Å². The lowest BCUT2D eigenvalue weighted by molar-refractivity contribution is 1.36. The molecule has 0 N–H and O–H groups in total. The molecule has 0 atom stereocenters. The number of rotatable bonds is 1. The molecule has 13 heavy (non-hydrogen) atoms. The molecule has 0 amide bonds. The molecule has 0 spiro atoms. The van der Waals surface area contributed by atoms with Crippen LogP contribution in [0, 0.1) is 17.9 Å². The van der Waals surface area contributed by atoms with E-state index in [0.717, 1.165) is 16.4 Å². The Kier molecular flexibility index (Phi) is 2.33. The van der Waals surface area contributed by atoms with Crippen LogP contribution in [0.2, 0.25) is 0 Å². The highest BCUT2D eigenvalue weighted by Gasteiger charge is 2.09. The van der Waals surface area contributed by atoms with Crippen molar-refractivity contribution in [2.24, 2.45) is 4.99 Å². The average Bonchev–Trinajstić information content (AvgIpc) is 2.71. The van der Waals surface area contributed by atoms with E-state index in [4.69, 9.17) is 5.26 Å². The van der Waals surface area contributed by atoms with Crippen LogP contribution < -0.4 is 0 Å². The average molecular weight is 187 g/mol. The van der Waals surface area contributed by atoms with Gasteiger partial charge in [-0.25, -0.2) is 0 Å². The van der Waals surface area contributed by atoms with Crippen LogP contribution >= 0.6 is 11.8 Å². The molecule has 0 bridgehead atoms. The van der Waals surface area contributed by atoms with Gasteiger partial charge in [0.25, 0.3) is 0 Å². The molecule has 0 aliphatic carbocycles. The molecular weight excluding hydrogens is 180 g/mol. The molecule has 1 aliphatic rings. The van der Waals surface area contributed by atoms with E-state index >= 15 is 0 Å². The highest BCUT2D eigenvalue weighted by Crippen LogP contribution is 2.21. The molecule has 0 unspecified atom stereocenters. The number of nitriles is 1. The van der Waals surface area contributed by atoms with Gasteiger partial charge in [-0.2, -0.15) is 5.26 Å². The fourth-order valence-electron chi connectivity index (χ4n) is 1.12. The Morgan fingerprint density at radius 2 is 2.08 bits per heavy atom. The van der Waals surface area contributed by atoms with Gasteiger partial charge in [0.05, 0.1) is 23.2 Å². The standard InChI is InChI=1S/C10H7N2S/c11-7-8-1-3-9(4-2-8)10-12-5-6-13-10/h1-5H,6H2. The lowest BCUT2D eigenvalue weighted by atomic mass is 10.2. The summed E-state index contributed by atoms with van der Waals surface area (Å²) in [7, 11) is 0. The minimum Gasteiger partial charge on any atom is -0.271 e. The summed E-state index contributed by atoms with van der Waals surface area (Å²) in [5.74, 6) is 0.954. The first-order chi connectivity index (χ1) is 6.40. The summed E-state index contributed by atoms with van der Waals surface area (Å²) in [4.78, 5) is 4.23. The van der Waals surface area contributed by atoms with Gasteiger partial charge in [0.2, 0.25) is 0 Å². The molecule has 1 radical (unpaired) electrons. The van der Waals surface area contributed by atoms with Gasteiger partial charge in [0.15, 0.2) is 0 Å². The molecule has 0 aromatic heterocycles. The summed E-state index contributed by atoms with van der Waals surface area (Å²) in [6, 6.07) is 9.59. The normalized spacial score (nSPS) is 15.2. The van der Waals surface area contributed by atoms with Gasteiger partial charge in [0, 0.05) is 11.3 Å². The fraction of sp³-hybridized carbons (Fsp3) is 0.100. The molecule has 63 valence electrons. The van der Waals surface area contributed by atoms with E-state index in [0.29, 0.717) is 5.56 Å². The monoisotopic (exact) mass is 187 g/mol. The van der Waals surface area contributed by atoms with Gasteiger partial charge in [-0.1, -0.05) is 12.1 Å². The summed E-state index contributed by atoms with van der Waals surface area (Å²) >= 11 is 1.72. The third-order valence-corrected chi connectivity index (χ3v) is 2.69. The second-order valence-electron chi connectivity index (χ2n) is 2.62. The number of nitrogens with zero attached hydrogens (tertiary/aromatic N) is 2. The van der Waals surface area contributed by atoms with Crippen LogP contribution in [0.5, 0.6) is 0 Å². The number of hydrogen-bond acceptors (Lipinski definition) is 3. The van der Waals surface area contributed by atoms with Crippen molar-refractivity contribution in [3.63, 3.8) is 0 Å². The topological polar surface area (TPSA) is 36.1 Å². The third-order valence-electron chi connectivity index (χ3n) is 1.76. The van der Waals surface area contributed by atoms with Crippen LogP contribution in [0.1, 0.15) is 11.1 Å². The first-order valence-corrected chi connectivity index (χ1v) is 4.91. The predicted molar refractivity (Wildman–Crippen MR) is 54.5 cm³/mol. The van der Waals surface area contributed by atoms with Crippen LogP contribution in [0.4, 0.5) is 0 Å².